The van der Waals surface area contributed by atoms with E-state index in [0.717, 1.165) is 0 Å². The molecule has 0 atom stereocenters. The van der Waals surface area contributed by atoms with Gasteiger partial charge < -0.3 is 19.7 Å². The standard InChI is InChI=1S/C17H23ClN2O5/c1-11(21)20(9-8-19-16(23)25-17(2,3)4)14-10-12(15(22)24-5)6-7-13(14)18/h6-7,10H,8-9H2,1-5H3,(H,19,23). The molecule has 0 aliphatic carbocycles. The molecule has 0 unspecified atom stereocenters. The lowest BCUT2D eigenvalue weighted by molar-refractivity contribution is -0.116. The molecule has 0 bridgehead atoms. The number of amides is 2. The van der Waals surface area contributed by atoms with E-state index >= 15 is 0 Å². The number of carbonyl (C=O) groups excluding carboxylic acids is 3. The highest BCUT2D eigenvalue weighted by atomic mass is 35.5. The summed E-state index contributed by atoms with van der Waals surface area (Å²) in [5.41, 5.74) is 0.0268. The fraction of sp³-hybridized carbons (Fsp3) is 0.471. The molecule has 0 saturated heterocycles. The van der Waals surface area contributed by atoms with Gasteiger partial charge in [-0.2, -0.15) is 0 Å². The van der Waals surface area contributed by atoms with Crippen LogP contribution in [0.3, 0.4) is 0 Å². The van der Waals surface area contributed by atoms with Crippen LogP contribution in [0, 0.1) is 0 Å². The molecule has 0 aliphatic heterocycles. The van der Waals surface area contributed by atoms with E-state index in [1.54, 1.807) is 20.8 Å². The molecule has 0 spiro atoms. The van der Waals surface area contributed by atoms with Crippen molar-refractivity contribution in [3.63, 3.8) is 0 Å². The highest BCUT2D eigenvalue weighted by molar-refractivity contribution is 6.34. The Morgan fingerprint density at radius 3 is 2.40 bits per heavy atom. The molecule has 0 radical (unpaired) electrons. The molecular formula is C17H23ClN2O5. The Morgan fingerprint density at radius 2 is 1.88 bits per heavy atom. The summed E-state index contributed by atoms with van der Waals surface area (Å²) in [6, 6.07) is 4.50. The number of carbonyl (C=O) groups is 3. The lowest BCUT2D eigenvalue weighted by atomic mass is 10.2. The van der Waals surface area contributed by atoms with Crippen molar-refractivity contribution in [3.8, 4) is 0 Å². The normalized spacial score (nSPS) is 10.8. The van der Waals surface area contributed by atoms with Gasteiger partial charge in [0.15, 0.2) is 0 Å². The molecule has 0 saturated carbocycles. The zero-order chi connectivity index (χ0) is 19.2. The number of rotatable bonds is 5. The third-order valence-electron chi connectivity index (χ3n) is 3.04. The van der Waals surface area contributed by atoms with Crippen molar-refractivity contribution >= 4 is 35.3 Å². The van der Waals surface area contributed by atoms with E-state index < -0.39 is 17.7 Å². The van der Waals surface area contributed by atoms with E-state index in [1.807, 2.05) is 0 Å². The van der Waals surface area contributed by atoms with Crippen LogP contribution >= 0.6 is 11.6 Å². The average molecular weight is 371 g/mol. The summed E-state index contributed by atoms with van der Waals surface area (Å²) >= 11 is 6.15. The van der Waals surface area contributed by atoms with Crippen molar-refractivity contribution in [1.29, 1.82) is 0 Å². The maximum absolute atomic E-state index is 12.0. The number of hydrogen-bond donors (Lipinski definition) is 1. The van der Waals surface area contributed by atoms with E-state index in [4.69, 9.17) is 16.3 Å². The minimum Gasteiger partial charge on any atom is -0.465 e. The summed E-state index contributed by atoms with van der Waals surface area (Å²) in [6.45, 7) is 6.96. The first-order valence-electron chi connectivity index (χ1n) is 7.68. The monoisotopic (exact) mass is 370 g/mol. The van der Waals surface area contributed by atoms with Gasteiger partial charge in [0.05, 0.1) is 23.4 Å². The number of anilines is 1. The molecule has 0 aliphatic rings. The number of halogens is 1. The maximum atomic E-state index is 12.0. The number of nitrogens with one attached hydrogen (secondary N) is 1. The third kappa shape index (κ3) is 6.62. The van der Waals surface area contributed by atoms with E-state index in [-0.39, 0.29) is 24.6 Å². The van der Waals surface area contributed by atoms with Crippen molar-refractivity contribution in [2.45, 2.75) is 33.3 Å². The first-order chi connectivity index (χ1) is 11.5. The van der Waals surface area contributed by atoms with Crippen molar-refractivity contribution < 1.29 is 23.9 Å². The van der Waals surface area contributed by atoms with Crippen molar-refractivity contribution in [1.82, 2.24) is 5.32 Å². The minimum atomic E-state index is -0.609. The lowest BCUT2D eigenvalue weighted by Gasteiger charge is -2.24. The lowest BCUT2D eigenvalue weighted by Crippen LogP contribution is -2.39. The van der Waals surface area contributed by atoms with Gasteiger partial charge in [0.1, 0.15) is 5.60 Å². The number of esters is 1. The molecule has 1 N–H and O–H groups in total. The predicted molar refractivity (Wildman–Crippen MR) is 95.1 cm³/mol. The van der Waals surface area contributed by atoms with Gasteiger partial charge in [-0.3, -0.25) is 4.79 Å². The van der Waals surface area contributed by atoms with Crippen molar-refractivity contribution in [2.24, 2.45) is 0 Å². The van der Waals surface area contributed by atoms with Gasteiger partial charge in [0.25, 0.3) is 0 Å². The molecule has 1 aromatic carbocycles. The molecule has 8 heteroatoms. The van der Waals surface area contributed by atoms with Crippen molar-refractivity contribution in [3.05, 3.63) is 28.8 Å². The Morgan fingerprint density at radius 1 is 1.24 bits per heavy atom. The smallest absolute Gasteiger partial charge is 0.407 e. The van der Waals surface area contributed by atoms with Crippen LogP contribution in [0.15, 0.2) is 18.2 Å². The minimum absolute atomic E-state index is 0.160. The van der Waals surface area contributed by atoms with Crippen LogP contribution < -0.4 is 10.2 Å². The van der Waals surface area contributed by atoms with Gasteiger partial charge in [0, 0.05) is 20.0 Å². The SMILES string of the molecule is COC(=O)c1ccc(Cl)c(N(CCNC(=O)OC(C)(C)C)C(C)=O)c1. The Bertz CT molecular complexity index is 655. The van der Waals surface area contributed by atoms with Gasteiger partial charge >= 0.3 is 12.1 Å². The second-order valence-corrected chi connectivity index (χ2v) is 6.66. The average Bonchev–Trinajstić information content (AvgIpc) is 2.49. The van der Waals surface area contributed by atoms with Crippen LogP contribution in [0.5, 0.6) is 0 Å². The summed E-state index contributed by atoms with van der Waals surface area (Å²) in [5.74, 6) is -0.816. The Kier molecular flexibility index (Phi) is 7.23. The Hall–Kier alpha value is -2.28. The van der Waals surface area contributed by atoms with Crippen LogP contribution in [0.4, 0.5) is 10.5 Å². The molecule has 0 aromatic heterocycles. The van der Waals surface area contributed by atoms with E-state index in [2.05, 4.69) is 10.1 Å². The van der Waals surface area contributed by atoms with E-state index in [9.17, 15) is 14.4 Å². The maximum Gasteiger partial charge on any atom is 0.407 e. The van der Waals surface area contributed by atoms with Gasteiger partial charge in [-0.05, 0) is 39.0 Å². The molecular weight excluding hydrogens is 348 g/mol. The highest BCUT2D eigenvalue weighted by Gasteiger charge is 2.19. The molecule has 0 fully saturated rings. The number of ether oxygens (including phenoxy) is 2. The van der Waals surface area contributed by atoms with E-state index in [0.29, 0.717) is 10.7 Å². The quantitative estimate of drug-likeness (QED) is 0.805. The summed E-state index contributed by atoms with van der Waals surface area (Å²) in [5, 5.41) is 2.88. The topological polar surface area (TPSA) is 84.9 Å². The third-order valence-corrected chi connectivity index (χ3v) is 3.36. The number of benzene rings is 1. The van der Waals surface area contributed by atoms with Crippen molar-refractivity contribution in [2.75, 3.05) is 25.1 Å². The van der Waals surface area contributed by atoms with Gasteiger partial charge in [-0.25, -0.2) is 9.59 Å². The zero-order valence-electron chi connectivity index (χ0n) is 15.0. The summed E-state index contributed by atoms with van der Waals surface area (Å²) in [4.78, 5) is 36.7. The fourth-order valence-corrected chi connectivity index (χ4v) is 2.22. The van der Waals surface area contributed by atoms with Gasteiger partial charge in [-0.15, -0.1) is 0 Å². The first-order valence-corrected chi connectivity index (χ1v) is 8.05. The van der Waals surface area contributed by atoms with Crippen LogP contribution in [0.2, 0.25) is 5.02 Å². The zero-order valence-corrected chi connectivity index (χ0v) is 15.8. The molecule has 2 amide bonds. The van der Waals surface area contributed by atoms with E-state index in [1.165, 1.54) is 37.1 Å². The summed E-state index contributed by atoms with van der Waals surface area (Å²) in [6.07, 6.45) is -0.578. The highest BCUT2D eigenvalue weighted by Crippen LogP contribution is 2.27. The Balaban J connectivity index is 2.86. The first kappa shape index (κ1) is 20.8. The molecule has 1 aromatic rings. The Labute approximate surface area is 152 Å². The number of hydrogen-bond acceptors (Lipinski definition) is 5. The van der Waals surface area contributed by atoms with Crippen LogP contribution in [0.25, 0.3) is 0 Å². The summed E-state index contributed by atoms with van der Waals surface area (Å²) < 4.78 is 9.81. The summed E-state index contributed by atoms with van der Waals surface area (Å²) in [7, 11) is 1.27. The molecule has 138 valence electrons. The van der Waals surface area contributed by atoms with Crippen LogP contribution in [-0.2, 0) is 14.3 Å². The molecule has 7 nitrogen and oxygen atoms in total. The largest absolute Gasteiger partial charge is 0.465 e. The fourth-order valence-electron chi connectivity index (χ4n) is 2.00. The van der Waals surface area contributed by atoms with Gasteiger partial charge in [0.2, 0.25) is 5.91 Å². The second kappa shape index (κ2) is 8.71. The van der Waals surface area contributed by atoms with Gasteiger partial charge in [-0.1, -0.05) is 11.6 Å². The van der Waals surface area contributed by atoms with Crippen LogP contribution in [-0.4, -0.2) is 43.8 Å². The number of nitrogens with zero attached hydrogens (tertiary/aromatic N) is 1. The molecule has 25 heavy (non-hydrogen) atoms. The second-order valence-electron chi connectivity index (χ2n) is 6.26. The molecule has 0 heterocycles. The van der Waals surface area contributed by atoms with Crippen LogP contribution in [0.1, 0.15) is 38.1 Å². The number of alkyl carbamates (subject to hydrolysis) is 1. The predicted octanol–water partition coefficient (Wildman–Crippen LogP) is 3.00. The molecule has 1 rings (SSSR count). The number of methoxy groups -OCH3 is 1.